The largest absolute Gasteiger partial charge is 0.354 e. The molecule has 0 saturated heterocycles. The molecular formula is C15H18N2O. The number of aromatic nitrogens is 1. The van der Waals surface area contributed by atoms with Crippen LogP contribution in [0, 0.1) is 6.92 Å². The van der Waals surface area contributed by atoms with Gasteiger partial charge in [-0.1, -0.05) is 29.8 Å². The quantitative estimate of drug-likeness (QED) is 0.856. The Morgan fingerprint density at radius 1 is 1.17 bits per heavy atom. The molecule has 18 heavy (non-hydrogen) atoms. The fourth-order valence-electron chi connectivity index (χ4n) is 1.80. The third kappa shape index (κ3) is 3.77. The molecule has 3 heteroatoms. The number of hydrogen-bond donors (Lipinski definition) is 1. The van der Waals surface area contributed by atoms with Crippen LogP contribution in [0.1, 0.15) is 11.1 Å². The molecule has 0 atom stereocenters. The zero-order valence-electron chi connectivity index (χ0n) is 10.6. The van der Waals surface area contributed by atoms with Crippen LogP contribution in [0.5, 0.6) is 0 Å². The van der Waals surface area contributed by atoms with Crippen molar-refractivity contribution in [3.63, 3.8) is 0 Å². The summed E-state index contributed by atoms with van der Waals surface area (Å²) in [6, 6.07) is 12.0. The molecule has 94 valence electrons. The van der Waals surface area contributed by atoms with E-state index in [1.807, 2.05) is 60.3 Å². The van der Waals surface area contributed by atoms with Crippen LogP contribution in [0.25, 0.3) is 0 Å². The molecule has 0 aliphatic heterocycles. The van der Waals surface area contributed by atoms with Gasteiger partial charge >= 0.3 is 0 Å². The summed E-state index contributed by atoms with van der Waals surface area (Å²) in [6.07, 6.45) is 4.43. The van der Waals surface area contributed by atoms with Gasteiger partial charge in [0.25, 0.3) is 0 Å². The minimum Gasteiger partial charge on any atom is -0.354 e. The zero-order valence-corrected chi connectivity index (χ0v) is 10.6. The minimum atomic E-state index is 0.0750. The topological polar surface area (TPSA) is 34.0 Å². The highest BCUT2D eigenvalue weighted by molar-refractivity contribution is 5.78. The molecule has 1 heterocycles. The standard InChI is InChI=1S/C15H18N2O/c1-13-4-6-14(7-5-13)12-15(18)16-8-11-17-9-2-3-10-17/h2-7,9-10H,8,11-12H2,1H3,(H,16,18). The first-order valence-electron chi connectivity index (χ1n) is 6.17. The molecule has 1 aromatic carbocycles. The van der Waals surface area contributed by atoms with Gasteiger partial charge in [0.2, 0.25) is 5.91 Å². The predicted octanol–water partition coefficient (Wildman–Crippen LogP) is 2.16. The molecular weight excluding hydrogens is 224 g/mol. The van der Waals surface area contributed by atoms with Gasteiger partial charge in [-0.25, -0.2) is 0 Å². The highest BCUT2D eigenvalue weighted by atomic mass is 16.1. The highest BCUT2D eigenvalue weighted by Crippen LogP contribution is 2.03. The van der Waals surface area contributed by atoms with Crippen LogP contribution >= 0.6 is 0 Å². The Balaban J connectivity index is 1.73. The van der Waals surface area contributed by atoms with Crippen molar-refractivity contribution in [1.29, 1.82) is 0 Å². The van der Waals surface area contributed by atoms with Crippen LogP contribution in [0.2, 0.25) is 0 Å². The van der Waals surface area contributed by atoms with Gasteiger partial charge in [0, 0.05) is 25.5 Å². The van der Waals surface area contributed by atoms with Gasteiger partial charge < -0.3 is 9.88 Å². The summed E-state index contributed by atoms with van der Waals surface area (Å²) >= 11 is 0. The number of amides is 1. The molecule has 2 rings (SSSR count). The smallest absolute Gasteiger partial charge is 0.224 e. The summed E-state index contributed by atoms with van der Waals surface area (Å²) in [6.45, 7) is 3.52. The number of hydrogen-bond acceptors (Lipinski definition) is 1. The molecule has 0 spiro atoms. The van der Waals surface area contributed by atoms with Crippen molar-refractivity contribution in [3.05, 3.63) is 59.9 Å². The lowest BCUT2D eigenvalue weighted by atomic mass is 10.1. The van der Waals surface area contributed by atoms with E-state index >= 15 is 0 Å². The molecule has 0 radical (unpaired) electrons. The first-order chi connectivity index (χ1) is 8.74. The number of carbonyl (C=O) groups is 1. The molecule has 0 bridgehead atoms. The van der Waals surface area contributed by atoms with Crippen molar-refractivity contribution in [2.75, 3.05) is 6.54 Å². The molecule has 0 aliphatic carbocycles. The van der Waals surface area contributed by atoms with E-state index < -0.39 is 0 Å². The van der Waals surface area contributed by atoms with Gasteiger partial charge in [0.15, 0.2) is 0 Å². The molecule has 0 unspecified atom stereocenters. The maximum Gasteiger partial charge on any atom is 0.224 e. The normalized spacial score (nSPS) is 10.3. The van der Waals surface area contributed by atoms with Crippen molar-refractivity contribution in [3.8, 4) is 0 Å². The van der Waals surface area contributed by atoms with Gasteiger partial charge in [-0.05, 0) is 24.6 Å². The molecule has 2 aromatic rings. The van der Waals surface area contributed by atoms with E-state index in [9.17, 15) is 4.79 Å². The molecule has 1 aromatic heterocycles. The molecule has 1 amide bonds. The minimum absolute atomic E-state index is 0.0750. The number of carbonyl (C=O) groups excluding carboxylic acids is 1. The van der Waals surface area contributed by atoms with E-state index in [0.717, 1.165) is 12.1 Å². The lowest BCUT2D eigenvalue weighted by Crippen LogP contribution is -2.28. The molecule has 0 aliphatic rings. The van der Waals surface area contributed by atoms with Crippen molar-refractivity contribution in [1.82, 2.24) is 9.88 Å². The SMILES string of the molecule is Cc1ccc(CC(=O)NCCn2cccc2)cc1. The second kappa shape index (κ2) is 6.05. The Labute approximate surface area is 107 Å². The van der Waals surface area contributed by atoms with E-state index in [4.69, 9.17) is 0 Å². The molecule has 3 nitrogen and oxygen atoms in total. The number of nitrogens with one attached hydrogen (secondary N) is 1. The maximum atomic E-state index is 11.7. The monoisotopic (exact) mass is 242 g/mol. The molecule has 0 fully saturated rings. The average Bonchev–Trinajstić information content (AvgIpc) is 2.85. The van der Waals surface area contributed by atoms with E-state index in [2.05, 4.69) is 5.32 Å². The summed E-state index contributed by atoms with van der Waals surface area (Å²) in [5.74, 6) is 0.0750. The Bertz CT molecular complexity index is 486. The number of benzene rings is 1. The third-order valence-corrected chi connectivity index (χ3v) is 2.84. The van der Waals surface area contributed by atoms with Crippen LogP contribution in [-0.4, -0.2) is 17.0 Å². The Morgan fingerprint density at radius 3 is 2.50 bits per heavy atom. The van der Waals surface area contributed by atoms with Gasteiger partial charge in [-0.2, -0.15) is 0 Å². The lowest BCUT2D eigenvalue weighted by Gasteiger charge is -2.06. The van der Waals surface area contributed by atoms with E-state index in [1.54, 1.807) is 0 Å². The number of nitrogens with zero attached hydrogens (tertiary/aromatic N) is 1. The molecule has 1 N–H and O–H groups in total. The van der Waals surface area contributed by atoms with Crippen molar-refractivity contribution < 1.29 is 4.79 Å². The third-order valence-electron chi connectivity index (χ3n) is 2.84. The molecule has 0 saturated carbocycles. The van der Waals surface area contributed by atoms with Crippen LogP contribution in [0.4, 0.5) is 0 Å². The van der Waals surface area contributed by atoms with E-state index in [0.29, 0.717) is 13.0 Å². The van der Waals surface area contributed by atoms with E-state index in [1.165, 1.54) is 5.56 Å². The number of rotatable bonds is 5. The maximum absolute atomic E-state index is 11.7. The van der Waals surface area contributed by atoms with Crippen LogP contribution in [-0.2, 0) is 17.8 Å². The van der Waals surface area contributed by atoms with Crippen LogP contribution < -0.4 is 5.32 Å². The predicted molar refractivity (Wildman–Crippen MR) is 72.3 cm³/mol. The summed E-state index contributed by atoms with van der Waals surface area (Å²) < 4.78 is 2.05. The Kier molecular flexibility index (Phi) is 4.18. The van der Waals surface area contributed by atoms with Crippen LogP contribution in [0.15, 0.2) is 48.8 Å². The van der Waals surface area contributed by atoms with Gasteiger partial charge in [0.05, 0.1) is 6.42 Å². The fourth-order valence-corrected chi connectivity index (χ4v) is 1.80. The summed E-state index contributed by atoms with van der Waals surface area (Å²) in [7, 11) is 0. The zero-order chi connectivity index (χ0) is 12.8. The van der Waals surface area contributed by atoms with Gasteiger partial charge in [0.1, 0.15) is 0 Å². The Hall–Kier alpha value is -2.03. The average molecular weight is 242 g/mol. The second-order valence-corrected chi connectivity index (χ2v) is 4.43. The van der Waals surface area contributed by atoms with Crippen molar-refractivity contribution in [2.24, 2.45) is 0 Å². The second-order valence-electron chi connectivity index (χ2n) is 4.43. The summed E-state index contributed by atoms with van der Waals surface area (Å²) in [5.41, 5.74) is 2.27. The summed E-state index contributed by atoms with van der Waals surface area (Å²) in [4.78, 5) is 11.7. The fraction of sp³-hybridized carbons (Fsp3) is 0.267. The van der Waals surface area contributed by atoms with Gasteiger partial charge in [-0.3, -0.25) is 4.79 Å². The van der Waals surface area contributed by atoms with E-state index in [-0.39, 0.29) is 5.91 Å². The van der Waals surface area contributed by atoms with Gasteiger partial charge in [-0.15, -0.1) is 0 Å². The highest BCUT2D eigenvalue weighted by Gasteiger charge is 2.02. The van der Waals surface area contributed by atoms with Crippen molar-refractivity contribution in [2.45, 2.75) is 19.9 Å². The van der Waals surface area contributed by atoms with Crippen LogP contribution in [0.3, 0.4) is 0 Å². The van der Waals surface area contributed by atoms with Crippen molar-refractivity contribution >= 4 is 5.91 Å². The number of aryl methyl sites for hydroxylation is 1. The Morgan fingerprint density at radius 2 is 1.83 bits per heavy atom. The summed E-state index contributed by atoms with van der Waals surface area (Å²) in [5, 5.41) is 2.92. The lowest BCUT2D eigenvalue weighted by molar-refractivity contribution is -0.120. The first kappa shape index (κ1) is 12.4. The first-order valence-corrected chi connectivity index (χ1v) is 6.17.